The zero-order valence-electron chi connectivity index (χ0n) is 14.0. The standard InChI is InChI=1S/C22H16N2O2/c25-21-19(16-9-3-1-4-10-16)20(17-11-5-2-6-12-17)22(26)24(21)15-18-13-7-8-14-23-18/h1-14H,15H2. The second kappa shape index (κ2) is 6.76. The van der Waals surface area contributed by atoms with E-state index in [1.807, 2.05) is 72.8 Å². The van der Waals surface area contributed by atoms with E-state index >= 15 is 0 Å². The quantitative estimate of drug-likeness (QED) is 0.682. The predicted octanol–water partition coefficient (Wildman–Crippen LogP) is 3.56. The predicted molar refractivity (Wildman–Crippen MR) is 99.5 cm³/mol. The summed E-state index contributed by atoms with van der Waals surface area (Å²) in [7, 11) is 0. The molecule has 0 unspecified atom stereocenters. The van der Waals surface area contributed by atoms with Gasteiger partial charge in [-0.2, -0.15) is 0 Å². The average molecular weight is 340 g/mol. The molecule has 1 aliphatic heterocycles. The highest BCUT2D eigenvalue weighted by molar-refractivity contribution is 6.48. The minimum atomic E-state index is -0.286. The Balaban J connectivity index is 1.81. The van der Waals surface area contributed by atoms with E-state index in [0.717, 1.165) is 11.1 Å². The fourth-order valence-corrected chi connectivity index (χ4v) is 3.12. The van der Waals surface area contributed by atoms with E-state index in [1.54, 1.807) is 12.3 Å². The Hall–Kier alpha value is -3.53. The van der Waals surface area contributed by atoms with Crippen molar-refractivity contribution >= 4 is 23.0 Å². The van der Waals surface area contributed by atoms with Crippen LogP contribution in [0.4, 0.5) is 0 Å². The maximum absolute atomic E-state index is 13.1. The van der Waals surface area contributed by atoms with E-state index in [4.69, 9.17) is 0 Å². The number of imide groups is 1. The molecule has 2 heterocycles. The van der Waals surface area contributed by atoms with Gasteiger partial charge in [0, 0.05) is 6.20 Å². The molecule has 0 saturated heterocycles. The van der Waals surface area contributed by atoms with Gasteiger partial charge in [-0.05, 0) is 23.3 Å². The monoisotopic (exact) mass is 340 g/mol. The molecule has 1 aliphatic rings. The summed E-state index contributed by atoms with van der Waals surface area (Å²) in [6.07, 6.45) is 1.66. The fraction of sp³-hybridized carbons (Fsp3) is 0.0455. The van der Waals surface area contributed by atoms with Crippen LogP contribution < -0.4 is 0 Å². The molecular formula is C22H16N2O2. The van der Waals surface area contributed by atoms with Crippen molar-refractivity contribution < 1.29 is 9.59 Å². The van der Waals surface area contributed by atoms with E-state index in [-0.39, 0.29) is 18.4 Å². The van der Waals surface area contributed by atoms with E-state index in [1.165, 1.54) is 4.90 Å². The molecule has 4 heteroatoms. The maximum Gasteiger partial charge on any atom is 0.262 e. The lowest BCUT2D eigenvalue weighted by Crippen LogP contribution is -2.31. The zero-order chi connectivity index (χ0) is 17.9. The summed E-state index contributed by atoms with van der Waals surface area (Å²) in [4.78, 5) is 31.8. The van der Waals surface area contributed by atoms with Gasteiger partial charge in [0.05, 0.1) is 23.4 Å². The Morgan fingerprint density at radius 3 is 1.62 bits per heavy atom. The van der Waals surface area contributed by atoms with E-state index in [2.05, 4.69) is 4.98 Å². The molecule has 0 saturated carbocycles. The van der Waals surface area contributed by atoms with Crippen molar-refractivity contribution in [3.63, 3.8) is 0 Å². The number of aromatic nitrogens is 1. The van der Waals surface area contributed by atoms with Gasteiger partial charge in [-0.1, -0.05) is 66.7 Å². The molecule has 0 radical (unpaired) electrons. The van der Waals surface area contributed by atoms with Crippen molar-refractivity contribution in [3.8, 4) is 0 Å². The Morgan fingerprint density at radius 2 is 1.15 bits per heavy atom. The van der Waals surface area contributed by atoms with E-state index < -0.39 is 0 Å². The summed E-state index contributed by atoms with van der Waals surface area (Å²) in [5.74, 6) is -0.573. The van der Waals surface area contributed by atoms with Gasteiger partial charge >= 0.3 is 0 Å². The number of benzene rings is 2. The van der Waals surface area contributed by atoms with Crippen molar-refractivity contribution in [2.24, 2.45) is 0 Å². The Morgan fingerprint density at radius 1 is 0.654 bits per heavy atom. The minimum Gasteiger partial charge on any atom is -0.269 e. The molecule has 4 nitrogen and oxygen atoms in total. The third-order valence-corrected chi connectivity index (χ3v) is 4.34. The largest absolute Gasteiger partial charge is 0.269 e. The number of nitrogens with zero attached hydrogens (tertiary/aromatic N) is 2. The first-order valence-corrected chi connectivity index (χ1v) is 8.37. The molecule has 1 aromatic heterocycles. The Bertz CT molecular complexity index is 919. The molecule has 2 aromatic carbocycles. The molecular weight excluding hydrogens is 324 g/mol. The van der Waals surface area contributed by atoms with Crippen LogP contribution >= 0.6 is 0 Å². The van der Waals surface area contributed by atoms with Gasteiger partial charge in [0.1, 0.15) is 0 Å². The molecule has 0 fully saturated rings. The van der Waals surface area contributed by atoms with Crippen LogP contribution in [0, 0.1) is 0 Å². The van der Waals surface area contributed by atoms with Gasteiger partial charge in [0.25, 0.3) is 11.8 Å². The highest BCUT2D eigenvalue weighted by Crippen LogP contribution is 2.36. The molecule has 4 rings (SSSR count). The van der Waals surface area contributed by atoms with Gasteiger partial charge in [0.2, 0.25) is 0 Å². The normalized spacial score (nSPS) is 14.2. The number of amides is 2. The zero-order valence-corrected chi connectivity index (χ0v) is 14.0. The molecule has 0 aliphatic carbocycles. The van der Waals surface area contributed by atoms with Crippen molar-refractivity contribution in [2.75, 3.05) is 0 Å². The lowest BCUT2D eigenvalue weighted by atomic mass is 9.96. The first-order valence-electron chi connectivity index (χ1n) is 8.37. The molecule has 26 heavy (non-hydrogen) atoms. The van der Waals surface area contributed by atoms with Crippen molar-refractivity contribution in [1.82, 2.24) is 9.88 Å². The summed E-state index contributed by atoms with van der Waals surface area (Å²) in [5, 5.41) is 0. The highest BCUT2D eigenvalue weighted by atomic mass is 16.2. The molecule has 0 N–H and O–H groups in total. The smallest absolute Gasteiger partial charge is 0.262 e. The maximum atomic E-state index is 13.1. The summed E-state index contributed by atoms with van der Waals surface area (Å²) < 4.78 is 0. The van der Waals surface area contributed by atoms with Crippen LogP contribution in [0.25, 0.3) is 11.1 Å². The summed E-state index contributed by atoms with van der Waals surface area (Å²) in [6.45, 7) is 0.158. The Kier molecular flexibility index (Phi) is 4.15. The SMILES string of the molecule is O=C1C(c2ccccc2)=C(c2ccccc2)C(=O)N1Cc1ccccn1. The van der Waals surface area contributed by atoms with Crippen LogP contribution in [0.5, 0.6) is 0 Å². The molecule has 2 amide bonds. The highest BCUT2D eigenvalue weighted by Gasteiger charge is 2.39. The van der Waals surface area contributed by atoms with Crippen molar-refractivity contribution in [1.29, 1.82) is 0 Å². The lowest BCUT2D eigenvalue weighted by molar-refractivity contribution is -0.136. The number of rotatable bonds is 4. The van der Waals surface area contributed by atoms with Crippen LogP contribution in [-0.4, -0.2) is 21.7 Å². The number of hydrogen-bond donors (Lipinski definition) is 0. The fourth-order valence-electron chi connectivity index (χ4n) is 3.12. The lowest BCUT2D eigenvalue weighted by Gasteiger charge is -2.14. The van der Waals surface area contributed by atoms with E-state index in [0.29, 0.717) is 16.8 Å². The van der Waals surface area contributed by atoms with Crippen molar-refractivity contribution in [2.45, 2.75) is 6.54 Å². The number of pyridine rings is 1. The molecule has 0 spiro atoms. The van der Waals surface area contributed by atoms with Gasteiger partial charge in [-0.3, -0.25) is 19.5 Å². The summed E-state index contributed by atoms with van der Waals surface area (Å²) in [5.41, 5.74) is 3.05. The van der Waals surface area contributed by atoms with E-state index in [9.17, 15) is 9.59 Å². The van der Waals surface area contributed by atoms with Crippen LogP contribution in [0.15, 0.2) is 85.1 Å². The third kappa shape index (κ3) is 2.82. The second-order valence-electron chi connectivity index (χ2n) is 6.00. The third-order valence-electron chi connectivity index (χ3n) is 4.34. The van der Waals surface area contributed by atoms with Crippen LogP contribution in [0.2, 0.25) is 0 Å². The number of hydrogen-bond acceptors (Lipinski definition) is 3. The first-order chi connectivity index (χ1) is 12.8. The minimum absolute atomic E-state index is 0.158. The van der Waals surface area contributed by atoms with Gasteiger partial charge in [-0.25, -0.2) is 0 Å². The van der Waals surface area contributed by atoms with Gasteiger partial charge in [-0.15, -0.1) is 0 Å². The molecule has 0 atom stereocenters. The molecule has 0 bridgehead atoms. The van der Waals surface area contributed by atoms with Crippen molar-refractivity contribution in [3.05, 3.63) is 102 Å². The van der Waals surface area contributed by atoms with Crippen LogP contribution in [0.1, 0.15) is 16.8 Å². The number of carbonyl (C=O) groups is 2. The first kappa shape index (κ1) is 16.0. The number of carbonyl (C=O) groups excluding carboxylic acids is 2. The average Bonchev–Trinajstić information content (AvgIpc) is 2.95. The summed E-state index contributed by atoms with van der Waals surface area (Å²) in [6, 6.07) is 24.1. The summed E-state index contributed by atoms with van der Waals surface area (Å²) >= 11 is 0. The van der Waals surface area contributed by atoms with Gasteiger partial charge in [0.15, 0.2) is 0 Å². The molecule has 126 valence electrons. The Labute approximate surface area is 151 Å². The topological polar surface area (TPSA) is 50.3 Å². The second-order valence-corrected chi connectivity index (χ2v) is 6.00. The van der Waals surface area contributed by atoms with Crippen LogP contribution in [0.3, 0.4) is 0 Å². The van der Waals surface area contributed by atoms with Gasteiger partial charge < -0.3 is 0 Å². The molecule has 3 aromatic rings. The van der Waals surface area contributed by atoms with Crippen LogP contribution in [-0.2, 0) is 16.1 Å².